The summed E-state index contributed by atoms with van der Waals surface area (Å²) in [6.07, 6.45) is 3.82. The number of carbonyl (C=O) groups excluding carboxylic acids is 1. The number of hydrogen-bond acceptors (Lipinski definition) is 2. The normalized spacial score (nSPS) is 15.6. The second kappa shape index (κ2) is 6.44. The van der Waals surface area contributed by atoms with Crippen molar-refractivity contribution in [3.8, 4) is 0 Å². The number of nitrogens with zero attached hydrogens (tertiary/aromatic N) is 2. The van der Waals surface area contributed by atoms with Gasteiger partial charge in [0.1, 0.15) is 0 Å². The number of aromatic nitrogens is 1. The van der Waals surface area contributed by atoms with Gasteiger partial charge in [0, 0.05) is 30.2 Å². The standard InChI is InChI=1S/C21H20N2O/c24-21(19-8-4-10-20-18(19)9-5-13-22-20)23-14-11-17(12-15-23)16-6-2-1-3-7-16/h1-10,13,17H,11-12,14-15H2. The Labute approximate surface area is 141 Å². The average Bonchev–Trinajstić information content (AvgIpc) is 2.68. The number of benzene rings is 2. The van der Waals surface area contributed by atoms with Gasteiger partial charge in [-0.15, -0.1) is 0 Å². The molecule has 1 aliphatic rings. The zero-order chi connectivity index (χ0) is 16.4. The maximum absolute atomic E-state index is 13.0. The summed E-state index contributed by atoms with van der Waals surface area (Å²) in [6, 6.07) is 20.3. The number of rotatable bonds is 2. The molecule has 0 atom stereocenters. The fourth-order valence-corrected chi connectivity index (χ4v) is 3.60. The van der Waals surface area contributed by atoms with Crippen molar-refractivity contribution in [2.45, 2.75) is 18.8 Å². The monoisotopic (exact) mass is 316 g/mol. The summed E-state index contributed by atoms with van der Waals surface area (Å²) in [6.45, 7) is 1.63. The molecule has 2 heterocycles. The molecule has 1 fully saturated rings. The number of likely N-dealkylation sites (tertiary alicyclic amines) is 1. The SMILES string of the molecule is O=C(c1cccc2ncccc12)N1CCC(c2ccccc2)CC1. The van der Waals surface area contributed by atoms with Gasteiger partial charge in [-0.3, -0.25) is 9.78 Å². The summed E-state index contributed by atoms with van der Waals surface area (Å²) >= 11 is 0. The molecule has 120 valence electrons. The van der Waals surface area contributed by atoms with Crippen LogP contribution in [-0.2, 0) is 0 Å². The summed E-state index contributed by atoms with van der Waals surface area (Å²) in [5, 5.41) is 0.940. The van der Waals surface area contributed by atoms with E-state index >= 15 is 0 Å². The van der Waals surface area contributed by atoms with Crippen LogP contribution in [0.1, 0.15) is 34.7 Å². The molecule has 4 rings (SSSR count). The van der Waals surface area contributed by atoms with E-state index in [4.69, 9.17) is 0 Å². The highest BCUT2D eigenvalue weighted by atomic mass is 16.2. The van der Waals surface area contributed by atoms with Gasteiger partial charge in [-0.2, -0.15) is 0 Å². The topological polar surface area (TPSA) is 33.2 Å². The molecule has 3 nitrogen and oxygen atoms in total. The van der Waals surface area contributed by atoms with Crippen LogP contribution >= 0.6 is 0 Å². The van der Waals surface area contributed by atoms with Crippen molar-refractivity contribution in [2.75, 3.05) is 13.1 Å². The largest absolute Gasteiger partial charge is 0.339 e. The lowest BCUT2D eigenvalue weighted by Gasteiger charge is -2.32. The maximum atomic E-state index is 13.0. The number of amides is 1. The molecule has 0 aliphatic carbocycles. The van der Waals surface area contributed by atoms with Crippen LogP contribution in [0, 0.1) is 0 Å². The van der Waals surface area contributed by atoms with Crippen LogP contribution in [0.15, 0.2) is 66.9 Å². The lowest BCUT2D eigenvalue weighted by molar-refractivity contribution is 0.0715. The molecule has 1 aromatic heterocycles. The molecular weight excluding hydrogens is 296 g/mol. The zero-order valence-electron chi connectivity index (χ0n) is 13.6. The average molecular weight is 316 g/mol. The Morgan fingerprint density at radius 2 is 1.71 bits per heavy atom. The van der Waals surface area contributed by atoms with Crippen molar-refractivity contribution < 1.29 is 4.79 Å². The minimum absolute atomic E-state index is 0.125. The van der Waals surface area contributed by atoms with Gasteiger partial charge in [-0.25, -0.2) is 0 Å². The van der Waals surface area contributed by atoms with E-state index in [1.807, 2.05) is 35.2 Å². The predicted molar refractivity (Wildman–Crippen MR) is 96.1 cm³/mol. The molecule has 24 heavy (non-hydrogen) atoms. The Hall–Kier alpha value is -2.68. The third-order valence-corrected chi connectivity index (χ3v) is 4.93. The fraction of sp³-hybridized carbons (Fsp3) is 0.238. The molecule has 0 saturated carbocycles. The third kappa shape index (κ3) is 2.78. The Balaban J connectivity index is 1.52. The maximum Gasteiger partial charge on any atom is 0.254 e. The number of fused-ring (bicyclic) bond motifs is 1. The third-order valence-electron chi connectivity index (χ3n) is 4.93. The Bertz CT molecular complexity index is 847. The van der Waals surface area contributed by atoms with Gasteiger partial charge in [-0.1, -0.05) is 42.5 Å². The van der Waals surface area contributed by atoms with Crippen molar-refractivity contribution in [1.29, 1.82) is 0 Å². The summed E-state index contributed by atoms with van der Waals surface area (Å²) in [7, 11) is 0. The molecule has 0 N–H and O–H groups in total. The molecular formula is C21H20N2O. The summed E-state index contributed by atoms with van der Waals surface area (Å²) in [5.41, 5.74) is 3.03. The molecule has 1 aliphatic heterocycles. The van der Waals surface area contributed by atoms with Crippen LogP contribution in [0.25, 0.3) is 10.9 Å². The quantitative estimate of drug-likeness (QED) is 0.708. The zero-order valence-corrected chi connectivity index (χ0v) is 13.6. The summed E-state index contributed by atoms with van der Waals surface area (Å²) < 4.78 is 0. The fourth-order valence-electron chi connectivity index (χ4n) is 3.60. The van der Waals surface area contributed by atoms with Gasteiger partial charge in [0.15, 0.2) is 0 Å². The smallest absolute Gasteiger partial charge is 0.254 e. The Morgan fingerprint density at radius 1 is 0.917 bits per heavy atom. The first-order valence-electron chi connectivity index (χ1n) is 8.51. The predicted octanol–water partition coefficient (Wildman–Crippen LogP) is 4.25. The van der Waals surface area contributed by atoms with Crippen LogP contribution < -0.4 is 0 Å². The van der Waals surface area contributed by atoms with Crippen molar-refractivity contribution in [1.82, 2.24) is 9.88 Å². The Kier molecular flexibility index (Phi) is 3.99. The molecule has 0 spiro atoms. The number of piperidine rings is 1. The van der Waals surface area contributed by atoms with Gasteiger partial charge in [0.2, 0.25) is 0 Å². The second-order valence-electron chi connectivity index (χ2n) is 6.35. The lowest BCUT2D eigenvalue weighted by atomic mass is 9.89. The van der Waals surface area contributed by atoms with E-state index in [0.29, 0.717) is 5.92 Å². The minimum Gasteiger partial charge on any atom is -0.339 e. The van der Waals surface area contributed by atoms with E-state index in [-0.39, 0.29) is 5.91 Å². The molecule has 1 saturated heterocycles. The summed E-state index contributed by atoms with van der Waals surface area (Å²) in [4.78, 5) is 19.3. The molecule has 0 unspecified atom stereocenters. The van der Waals surface area contributed by atoms with E-state index in [9.17, 15) is 4.79 Å². The molecule has 2 aromatic carbocycles. The molecule has 3 aromatic rings. The van der Waals surface area contributed by atoms with E-state index < -0.39 is 0 Å². The van der Waals surface area contributed by atoms with Crippen molar-refractivity contribution in [3.63, 3.8) is 0 Å². The highest BCUT2D eigenvalue weighted by Gasteiger charge is 2.25. The van der Waals surface area contributed by atoms with Gasteiger partial charge >= 0.3 is 0 Å². The van der Waals surface area contributed by atoms with Crippen LogP contribution in [0.3, 0.4) is 0 Å². The highest BCUT2D eigenvalue weighted by Crippen LogP contribution is 2.29. The van der Waals surface area contributed by atoms with Crippen LogP contribution in [0.2, 0.25) is 0 Å². The first-order valence-corrected chi connectivity index (χ1v) is 8.51. The van der Waals surface area contributed by atoms with E-state index in [0.717, 1.165) is 42.4 Å². The first kappa shape index (κ1) is 14.9. The van der Waals surface area contributed by atoms with Gasteiger partial charge in [-0.05, 0) is 42.5 Å². The highest BCUT2D eigenvalue weighted by molar-refractivity contribution is 6.06. The van der Waals surface area contributed by atoms with Crippen LogP contribution in [0.4, 0.5) is 0 Å². The summed E-state index contributed by atoms with van der Waals surface area (Å²) in [5.74, 6) is 0.685. The van der Waals surface area contributed by atoms with Crippen LogP contribution in [0.5, 0.6) is 0 Å². The van der Waals surface area contributed by atoms with Gasteiger partial charge in [0.05, 0.1) is 5.52 Å². The van der Waals surface area contributed by atoms with Crippen LogP contribution in [-0.4, -0.2) is 28.9 Å². The molecule has 1 amide bonds. The van der Waals surface area contributed by atoms with Crippen molar-refractivity contribution >= 4 is 16.8 Å². The minimum atomic E-state index is 0.125. The van der Waals surface area contributed by atoms with E-state index in [1.54, 1.807) is 6.20 Å². The Morgan fingerprint density at radius 3 is 2.50 bits per heavy atom. The van der Waals surface area contributed by atoms with Gasteiger partial charge < -0.3 is 4.90 Å². The van der Waals surface area contributed by atoms with E-state index in [2.05, 4.69) is 35.3 Å². The number of pyridine rings is 1. The first-order chi connectivity index (χ1) is 11.8. The lowest BCUT2D eigenvalue weighted by Crippen LogP contribution is -2.38. The van der Waals surface area contributed by atoms with Crippen molar-refractivity contribution in [3.05, 3.63) is 78.0 Å². The van der Waals surface area contributed by atoms with E-state index in [1.165, 1.54) is 5.56 Å². The second-order valence-corrected chi connectivity index (χ2v) is 6.35. The number of hydrogen-bond donors (Lipinski definition) is 0. The van der Waals surface area contributed by atoms with Crippen molar-refractivity contribution in [2.24, 2.45) is 0 Å². The van der Waals surface area contributed by atoms with Gasteiger partial charge in [0.25, 0.3) is 5.91 Å². The molecule has 3 heteroatoms. The number of carbonyl (C=O) groups is 1. The molecule has 0 bridgehead atoms. The molecule has 0 radical (unpaired) electrons.